The molecule has 2 fully saturated rings. The number of aromatic amines is 1. The summed E-state index contributed by atoms with van der Waals surface area (Å²) in [6.07, 6.45) is 2.37. The number of amides is 7. The number of rotatable bonds is 12. The number of aromatic nitrogens is 1. The van der Waals surface area contributed by atoms with Crippen molar-refractivity contribution in [3.63, 3.8) is 0 Å². The number of hydrazine groups is 1. The van der Waals surface area contributed by atoms with Crippen LogP contribution in [-0.4, -0.2) is 135 Å². The molecule has 57 heavy (non-hydrogen) atoms. The minimum absolute atomic E-state index is 0.0446. The molecular weight excluding hydrogens is 783 g/mol. The number of aliphatic carboxylic acids is 1. The molecule has 2 aromatic rings. The Morgan fingerprint density at radius 2 is 1.77 bits per heavy atom. The first kappa shape index (κ1) is 45.0. The largest absolute Gasteiger partial charge is 0.481 e. The maximum Gasteiger partial charge on any atom is 0.305 e. The molecule has 0 radical (unpaired) electrons. The van der Waals surface area contributed by atoms with E-state index in [-0.39, 0.29) is 50.4 Å². The number of benzene rings is 1. The summed E-state index contributed by atoms with van der Waals surface area (Å²) in [6.45, 7) is -0.455. The van der Waals surface area contributed by atoms with Gasteiger partial charge in [-0.3, -0.25) is 49.1 Å². The summed E-state index contributed by atoms with van der Waals surface area (Å²) in [7, 11) is 2.35. The number of fused-ring (bicyclic) bond motifs is 2. The number of nitrogens with two attached hydrogens (primary N) is 3. The van der Waals surface area contributed by atoms with E-state index in [9.17, 15) is 43.5 Å². The first-order valence-electron chi connectivity index (χ1n) is 18.6. The summed E-state index contributed by atoms with van der Waals surface area (Å²) in [5, 5.41) is 20.7. The van der Waals surface area contributed by atoms with Gasteiger partial charge in [0, 0.05) is 48.0 Å². The molecule has 0 bridgehead atoms. The fraction of sp³-hybridized carbons (Fsp3) is 0.543. The Hall–Kier alpha value is -4.74. The smallest absolute Gasteiger partial charge is 0.305 e. The van der Waals surface area contributed by atoms with Crippen LogP contribution in [0, 0.1) is 0 Å². The maximum absolute atomic E-state index is 14.4. The molecule has 22 heteroatoms. The van der Waals surface area contributed by atoms with Crippen LogP contribution in [0.5, 0.6) is 0 Å². The number of unbranched alkanes of at least 4 members (excludes halogenated alkanes) is 1. The number of para-hydroxylation sites is 1. The Morgan fingerprint density at radius 1 is 1.00 bits per heavy atom. The Kier molecular flexibility index (Phi) is 17.6. The lowest BCUT2D eigenvalue weighted by molar-refractivity contribution is -0.149. The highest BCUT2D eigenvalue weighted by Crippen LogP contribution is 2.26. The summed E-state index contributed by atoms with van der Waals surface area (Å²) in [5.74, 6) is -1.42. The number of hydrogen-bond donors (Lipinski definition) is 10. The minimum Gasteiger partial charge on any atom is -0.481 e. The van der Waals surface area contributed by atoms with Crippen LogP contribution >= 0.6 is 21.6 Å². The van der Waals surface area contributed by atoms with E-state index < -0.39 is 90.5 Å². The van der Waals surface area contributed by atoms with Crippen molar-refractivity contribution in [2.24, 2.45) is 17.3 Å². The second-order valence-corrected chi connectivity index (χ2v) is 16.2. The number of nitrogens with zero attached hydrogens (tertiary/aromatic N) is 2. The van der Waals surface area contributed by atoms with Gasteiger partial charge in [0.05, 0.1) is 19.1 Å². The van der Waals surface area contributed by atoms with E-state index in [1.165, 1.54) is 26.5 Å². The van der Waals surface area contributed by atoms with E-state index in [4.69, 9.17) is 17.3 Å². The molecule has 0 unspecified atom stereocenters. The molecule has 0 saturated carbocycles. The van der Waals surface area contributed by atoms with Crippen LogP contribution in [0.1, 0.15) is 50.5 Å². The van der Waals surface area contributed by atoms with Gasteiger partial charge in [-0.1, -0.05) is 46.2 Å². The molecule has 5 atom stereocenters. The zero-order chi connectivity index (χ0) is 41.5. The fourth-order valence-electron chi connectivity index (χ4n) is 6.54. The van der Waals surface area contributed by atoms with Crippen molar-refractivity contribution in [3.8, 4) is 0 Å². The van der Waals surface area contributed by atoms with Gasteiger partial charge < -0.3 is 47.7 Å². The molecule has 13 N–H and O–H groups in total. The monoisotopic (exact) mass is 833 g/mol. The van der Waals surface area contributed by atoms with Gasteiger partial charge in [0.15, 0.2) is 0 Å². The fourth-order valence-corrected chi connectivity index (χ4v) is 8.68. The number of imide groups is 1. The van der Waals surface area contributed by atoms with Crippen LogP contribution in [0.15, 0.2) is 30.5 Å². The van der Waals surface area contributed by atoms with Crippen molar-refractivity contribution >= 4 is 79.8 Å². The van der Waals surface area contributed by atoms with Gasteiger partial charge in [-0.2, -0.15) is 0 Å². The number of carbonyl (C=O) groups is 8. The van der Waals surface area contributed by atoms with Gasteiger partial charge in [0.2, 0.25) is 41.4 Å². The van der Waals surface area contributed by atoms with Crippen LogP contribution in [0.25, 0.3) is 10.9 Å². The van der Waals surface area contributed by atoms with Gasteiger partial charge in [0.1, 0.15) is 30.7 Å². The topological polar surface area (TPSA) is 317 Å². The van der Waals surface area contributed by atoms with E-state index in [2.05, 4.69) is 31.7 Å². The standard InChI is InChI=1S/C35H51N11O9S2/c36-11-4-3-7-22(37)34(54)46-17-28(47)42-24(15-30(49)50)32(52)43-25(14-20-16-39-23-8-2-1-6-21(20)23)35(55)45-12-5-9-27(45)33(53)44-26(31(51)40-19-41-38)18-57-56-13-10-29(46)48/h1-2,6,8,16,22,24-27,39,41H,3-5,7,9-15,17-19,36-38H2,(H,40,51)(H,42,47)(H,43,52)(H,44,53)(H,49,50)/t22-,24-,25-,26-,27-/m0/s1. The third kappa shape index (κ3) is 12.9. The van der Waals surface area contributed by atoms with Crippen LogP contribution in [0.3, 0.4) is 0 Å². The van der Waals surface area contributed by atoms with Crippen molar-refractivity contribution in [2.75, 3.05) is 37.8 Å². The first-order chi connectivity index (χ1) is 27.3. The molecule has 1 aromatic carbocycles. The second-order valence-electron chi connectivity index (χ2n) is 13.6. The SMILES string of the molecule is NCCCC[C@H](N)C(=O)N1CC(=O)N[C@@H](CC(=O)O)C(=O)N[C@@H](Cc2c[nH]c3ccccc23)C(=O)N2CCC[C@H]2C(=O)N[C@H](C(=O)NCNN)CSSCCC1=O. The lowest BCUT2D eigenvalue weighted by Crippen LogP contribution is -2.59. The van der Waals surface area contributed by atoms with Crippen LogP contribution < -0.4 is 44.0 Å². The maximum atomic E-state index is 14.4. The molecule has 1 aromatic heterocycles. The van der Waals surface area contributed by atoms with E-state index in [1.807, 2.05) is 18.2 Å². The first-order valence-corrected chi connectivity index (χ1v) is 21.1. The molecule has 2 saturated heterocycles. The third-order valence-electron chi connectivity index (χ3n) is 9.45. The highest BCUT2D eigenvalue weighted by atomic mass is 33.1. The molecule has 0 aliphatic carbocycles. The van der Waals surface area contributed by atoms with E-state index in [1.54, 1.807) is 12.3 Å². The summed E-state index contributed by atoms with van der Waals surface area (Å²) in [6, 6.07) is 0.911. The average molecular weight is 834 g/mol. The van der Waals surface area contributed by atoms with Crippen molar-refractivity contribution in [1.29, 1.82) is 0 Å². The van der Waals surface area contributed by atoms with E-state index in [0.29, 0.717) is 36.3 Å². The molecule has 2 aliphatic rings. The summed E-state index contributed by atoms with van der Waals surface area (Å²) >= 11 is 0. The van der Waals surface area contributed by atoms with E-state index in [0.717, 1.165) is 10.9 Å². The van der Waals surface area contributed by atoms with Gasteiger partial charge in [-0.05, 0) is 43.9 Å². The molecule has 0 spiro atoms. The molecule has 3 heterocycles. The van der Waals surface area contributed by atoms with Crippen molar-refractivity contribution in [3.05, 3.63) is 36.0 Å². The zero-order valence-corrected chi connectivity index (χ0v) is 33.0. The lowest BCUT2D eigenvalue weighted by atomic mass is 10.0. The predicted molar refractivity (Wildman–Crippen MR) is 212 cm³/mol. The summed E-state index contributed by atoms with van der Waals surface area (Å²) in [4.78, 5) is 113. The Bertz CT molecular complexity index is 1780. The van der Waals surface area contributed by atoms with Crippen molar-refractivity contribution in [1.82, 2.24) is 41.5 Å². The number of carboxylic acids is 1. The minimum atomic E-state index is -1.74. The Labute approximate surface area is 336 Å². The van der Waals surface area contributed by atoms with Gasteiger partial charge in [-0.25, -0.2) is 5.43 Å². The number of carboxylic acid groups (broad SMARTS) is 1. The molecule has 7 amide bonds. The van der Waals surface area contributed by atoms with Gasteiger partial charge >= 0.3 is 5.97 Å². The number of carbonyl (C=O) groups excluding carboxylic acids is 7. The zero-order valence-electron chi connectivity index (χ0n) is 31.3. The quantitative estimate of drug-likeness (QED) is 0.0356. The number of H-pyrrole nitrogens is 1. The van der Waals surface area contributed by atoms with Crippen LogP contribution in [-0.2, 0) is 44.8 Å². The highest BCUT2D eigenvalue weighted by Gasteiger charge is 2.40. The van der Waals surface area contributed by atoms with Gasteiger partial charge in [0.25, 0.3) is 0 Å². The van der Waals surface area contributed by atoms with Crippen molar-refractivity contribution in [2.45, 2.75) is 81.6 Å². The summed E-state index contributed by atoms with van der Waals surface area (Å²) in [5.41, 5.74) is 15.4. The lowest BCUT2D eigenvalue weighted by Gasteiger charge is -2.31. The normalized spacial score (nSPS) is 22.6. The third-order valence-corrected chi connectivity index (χ3v) is 11.9. The van der Waals surface area contributed by atoms with Crippen molar-refractivity contribution < 1.29 is 43.5 Å². The van der Waals surface area contributed by atoms with Crippen LogP contribution in [0.4, 0.5) is 0 Å². The highest BCUT2D eigenvalue weighted by molar-refractivity contribution is 8.76. The summed E-state index contributed by atoms with van der Waals surface area (Å²) < 4.78 is 0. The molecular formula is C35H51N11O9S2. The molecule has 312 valence electrons. The van der Waals surface area contributed by atoms with Crippen LogP contribution in [0.2, 0.25) is 0 Å². The van der Waals surface area contributed by atoms with Gasteiger partial charge in [-0.15, -0.1) is 0 Å². The average Bonchev–Trinajstić information content (AvgIpc) is 3.85. The second kappa shape index (κ2) is 22.3. The molecule has 2 aliphatic heterocycles. The Balaban J connectivity index is 1.70. The number of nitrogens with one attached hydrogen (secondary N) is 6. The number of hydrogen-bond acceptors (Lipinski definition) is 14. The Morgan fingerprint density at radius 3 is 2.51 bits per heavy atom. The molecule has 20 nitrogen and oxygen atoms in total. The van der Waals surface area contributed by atoms with E-state index >= 15 is 0 Å². The predicted octanol–water partition coefficient (Wildman–Crippen LogP) is -2.24. The molecule has 4 rings (SSSR count).